The summed E-state index contributed by atoms with van der Waals surface area (Å²) in [7, 11) is 0. The minimum atomic E-state index is -0.0648. The van der Waals surface area contributed by atoms with Gasteiger partial charge in [0.15, 0.2) is 0 Å². The normalized spacial score (nSPS) is 15.0. The number of ether oxygens (including phenoxy) is 1. The minimum absolute atomic E-state index is 0.0648. The first kappa shape index (κ1) is 6.54. The van der Waals surface area contributed by atoms with Gasteiger partial charge in [0.1, 0.15) is 5.82 Å². The zero-order valence-corrected chi connectivity index (χ0v) is 6.18. The molecule has 11 heavy (non-hydrogen) atoms. The number of rotatable bonds is 0. The Morgan fingerprint density at radius 3 is 3.18 bits per heavy atom. The van der Waals surface area contributed by atoms with Gasteiger partial charge in [-0.15, -0.1) is 0 Å². The van der Waals surface area contributed by atoms with Gasteiger partial charge in [0.2, 0.25) is 0 Å². The number of hydrogen-bond acceptors (Lipinski definition) is 3. The van der Waals surface area contributed by atoms with E-state index in [4.69, 9.17) is 4.74 Å². The van der Waals surface area contributed by atoms with Crippen LogP contribution in [0.2, 0.25) is 0 Å². The second-order valence-corrected chi connectivity index (χ2v) is 2.57. The Labute approximate surface area is 63.2 Å². The summed E-state index contributed by atoms with van der Waals surface area (Å²) in [5, 5.41) is 0. The van der Waals surface area contributed by atoms with E-state index in [-0.39, 0.29) is 5.56 Å². The van der Waals surface area contributed by atoms with Crippen molar-refractivity contribution in [2.75, 3.05) is 0 Å². The van der Waals surface area contributed by atoms with Gasteiger partial charge < -0.3 is 9.72 Å². The highest BCUT2D eigenvalue weighted by Crippen LogP contribution is 2.11. The molecule has 0 fully saturated rings. The minimum Gasteiger partial charge on any atom is -0.370 e. The van der Waals surface area contributed by atoms with Crippen LogP contribution in [0.4, 0.5) is 0 Å². The van der Waals surface area contributed by atoms with Crippen molar-refractivity contribution in [3.63, 3.8) is 0 Å². The van der Waals surface area contributed by atoms with Crippen molar-refractivity contribution in [3.8, 4) is 0 Å². The molecule has 0 bridgehead atoms. The summed E-state index contributed by atoms with van der Waals surface area (Å²) in [4.78, 5) is 17.9. The Kier molecular flexibility index (Phi) is 1.29. The van der Waals surface area contributed by atoms with Crippen LogP contribution >= 0.6 is 0 Å². The van der Waals surface area contributed by atoms with Crippen LogP contribution in [-0.2, 0) is 18.0 Å². The van der Waals surface area contributed by atoms with E-state index in [2.05, 4.69) is 9.97 Å². The monoisotopic (exact) mass is 152 g/mol. The van der Waals surface area contributed by atoms with Crippen molar-refractivity contribution in [3.05, 3.63) is 27.4 Å². The fraction of sp³-hybridized carbons (Fsp3) is 0.429. The molecule has 0 aromatic carbocycles. The molecular formula is C7H8N2O2. The van der Waals surface area contributed by atoms with E-state index in [1.165, 1.54) is 0 Å². The van der Waals surface area contributed by atoms with Gasteiger partial charge in [-0.1, -0.05) is 0 Å². The predicted octanol–water partition coefficient (Wildman–Crippen LogP) is 0.109. The second-order valence-electron chi connectivity index (χ2n) is 2.57. The van der Waals surface area contributed by atoms with E-state index < -0.39 is 0 Å². The number of nitrogens with one attached hydrogen (secondary N) is 1. The van der Waals surface area contributed by atoms with Crippen molar-refractivity contribution in [1.29, 1.82) is 0 Å². The molecule has 58 valence electrons. The molecule has 1 N–H and O–H groups in total. The molecule has 0 spiro atoms. The fourth-order valence-electron chi connectivity index (χ4n) is 1.19. The number of aromatic amines is 1. The zero-order valence-electron chi connectivity index (χ0n) is 6.18. The van der Waals surface area contributed by atoms with Gasteiger partial charge in [0.25, 0.3) is 5.56 Å². The highest BCUT2D eigenvalue weighted by Gasteiger charge is 2.16. The molecule has 4 nitrogen and oxygen atoms in total. The van der Waals surface area contributed by atoms with Crippen molar-refractivity contribution in [2.24, 2.45) is 0 Å². The van der Waals surface area contributed by atoms with E-state index in [1.807, 2.05) is 0 Å². The van der Waals surface area contributed by atoms with E-state index >= 15 is 0 Å². The summed E-state index contributed by atoms with van der Waals surface area (Å²) in [6, 6.07) is 0. The summed E-state index contributed by atoms with van der Waals surface area (Å²) in [6.07, 6.45) is 0. The Balaban J connectivity index is 2.70. The molecule has 0 unspecified atom stereocenters. The van der Waals surface area contributed by atoms with E-state index in [0.717, 1.165) is 5.69 Å². The molecule has 1 aliphatic rings. The molecule has 0 atom stereocenters. The van der Waals surface area contributed by atoms with Gasteiger partial charge in [-0.25, -0.2) is 4.98 Å². The first-order valence-electron chi connectivity index (χ1n) is 3.44. The SMILES string of the molecule is Cc1nc2c(c(=O)[nH]1)COC2. The standard InChI is InChI=1S/C7H8N2O2/c1-4-8-6-3-11-2-5(6)7(10)9-4/h2-3H2,1H3,(H,8,9,10). The van der Waals surface area contributed by atoms with Crippen LogP contribution in [0.15, 0.2) is 4.79 Å². The summed E-state index contributed by atoms with van der Waals surface area (Å²) in [5.74, 6) is 0.652. The average molecular weight is 152 g/mol. The lowest BCUT2D eigenvalue weighted by atomic mass is 10.3. The Bertz CT molecular complexity index is 343. The van der Waals surface area contributed by atoms with Crippen molar-refractivity contribution in [1.82, 2.24) is 9.97 Å². The highest BCUT2D eigenvalue weighted by atomic mass is 16.5. The Morgan fingerprint density at radius 1 is 1.55 bits per heavy atom. The summed E-state index contributed by atoms with van der Waals surface area (Å²) in [6.45, 7) is 2.64. The van der Waals surface area contributed by atoms with Crippen LogP contribution in [0.25, 0.3) is 0 Å². The predicted molar refractivity (Wildman–Crippen MR) is 38.1 cm³/mol. The molecule has 1 aromatic heterocycles. The first-order chi connectivity index (χ1) is 5.27. The molecule has 2 rings (SSSR count). The highest BCUT2D eigenvalue weighted by molar-refractivity contribution is 5.18. The van der Waals surface area contributed by atoms with Crippen molar-refractivity contribution in [2.45, 2.75) is 20.1 Å². The number of aromatic nitrogens is 2. The lowest BCUT2D eigenvalue weighted by molar-refractivity contribution is 0.133. The van der Waals surface area contributed by atoms with Crippen LogP contribution in [0.3, 0.4) is 0 Å². The van der Waals surface area contributed by atoms with Crippen molar-refractivity contribution < 1.29 is 4.74 Å². The lowest BCUT2D eigenvalue weighted by Crippen LogP contribution is -2.15. The third-order valence-corrected chi connectivity index (χ3v) is 1.70. The molecule has 0 saturated carbocycles. The topological polar surface area (TPSA) is 55.0 Å². The second kappa shape index (κ2) is 2.17. The number of H-pyrrole nitrogens is 1. The number of hydrogen-bond donors (Lipinski definition) is 1. The number of fused-ring (bicyclic) bond motifs is 1. The summed E-state index contributed by atoms with van der Waals surface area (Å²) < 4.78 is 5.07. The maximum absolute atomic E-state index is 11.2. The van der Waals surface area contributed by atoms with Gasteiger partial charge in [0, 0.05) is 0 Å². The van der Waals surface area contributed by atoms with Crippen molar-refractivity contribution >= 4 is 0 Å². The zero-order chi connectivity index (χ0) is 7.84. The molecule has 0 aliphatic carbocycles. The third kappa shape index (κ3) is 0.952. The molecule has 0 saturated heterocycles. The Hall–Kier alpha value is -1.16. The van der Waals surface area contributed by atoms with Gasteiger partial charge in [-0.2, -0.15) is 0 Å². The molecule has 1 aromatic rings. The molecule has 4 heteroatoms. The van der Waals surface area contributed by atoms with E-state index in [0.29, 0.717) is 24.6 Å². The van der Waals surface area contributed by atoms with E-state index in [9.17, 15) is 4.79 Å². The maximum Gasteiger partial charge on any atom is 0.256 e. The van der Waals surface area contributed by atoms with Crippen LogP contribution < -0.4 is 5.56 Å². The molecule has 0 radical (unpaired) electrons. The van der Waals surface area contributed by atoms with Gasteiger partial charge in [-0.05, 0) is 6.92 Å². The Morgan fingerprint density at radius 2 is 2.36 bits per heavy atom. The fourth-order valence-corrected chi connectivity index (χ4v) is 1.19. The molecule has 1 aliphatic heterocycles. The summed E-state index contributed by atoms with van der Waals surface area (Å²) in [5.41, 5.74) is 1.40. The summed E-state index contributed by atoms with van der Waals surface area (Å²) >= 11 is 0. The van der Waals surface area contributed by atoms with Gasteiger partial charge in [-0.3, -0.25) is 4.79 Å². The third-order valence-electron chi connectivity index (χ3n) is 1.70. The average Bonchev–Trinajstić information content (AvgIpc) is 2.34. The van der Waals surface area contributed by atoms with Gasteiger partial charge >= 0.3 is 0 Å². The maximum atomic E-state index is 11.2. The first-order valence-corrected chi connectivity index (χ1v) is 3.44. The van der Waals surface area contributed by atoms with Crippen LogP contribution in [0.5, 0.6) is 0 Å². The smallest absolute Gasteiger partial charge is 0.256 e. The largest absolute Gasteiger partial charge is 0.370 e. The van der Waals surface area contributed by atoms with Crippen LogP contribution in [0, 0.1) is 6.92 Å². The molecule has 2 heterocycles. The van der Waals surface area contributed by atoms with Crippen LogP contribution in [0.1, 0.15) is 17.1 Å². The van der Waals surface area contributed by atoms with E-state index in [1.54, 1.807) is 6.92 Å². The van der Waals surface area contributed by atoms with Crippen LogP contribution in [-0.4, -0.2) is 9.97 Å². The molecule has 0 amide bonds. The quantitative estimate of drug-likeness (QED) is 0.574. The number of nitrogens with zero attached hydrogens (tertiary/aromatic N) is 1. The number of aryl methyl sites for hydroxylation is 1. The molecular weight excluding hydrogens is 144 g/mol. The van der Waals surface area contributed by atoms with Gasteiger partial charge in [0.05, 0.1) is 24.5 Å². The lowest BCUT2D eigenvalue weighted by Gasteiger charge is -1.95.